The maximum absolute atomic E-state index is 13.1. The molecule has 2 heterocycles. The fraction of sp³-hybridized carbons (Fsp3) is 0.440. The monoisotopic (exact) mass is 501 g/mol. The van der Waals surface area contributed by atoms with Gasteiger partial charge >= 0.3 is 0 Å². The summed E-state index contributed by atoms with van der Waals surface area (Å²) in [5.74, 6) is 0.196. The van der Waals surface area contributed by atoms with E-state index in [1.165, 1.54) is 21.3 Å². The van der Waals surface area contributed by atoms with E-state index >= 15 is 0 Å². The predicted molar refractivity (Wildman–Crippen MR) is 131 cm³/mol. The molecule has 9 nitrogen and oxygen atoms in total. The number of piperidine rings is 1. The van der Waals surface area contributed by atoms with Crippen molar-refractivity contribution in [3.05, 3.63) is 47.5 Å². The van der Waals surface area contributed by atoms with Crippen LogP contribution in [0.2, 0.25) is 0 Å². The minimum Gasteiger partial charge on any atom is -0.486 e. The van der Waals surface area contributed by atoms with Crippen molar-refractivity contribution in [1.29, 1.82) is 0 Å². The van der Waals surface area contributed by atoms with E-state index in [4.69, 9.17) is 9.47 Å². The molecule has 10 heteroatoms. The first-order valence-electron chi connectivity index (χ1n) is 11.7. The molecule has 0 atom stereocenters. The number of anilines is 1. The first-order valence-corrected chi connectivity index (χ1v) is 13.1. The van der Waals surface area contributed by atoms with Crippen LogP contribution in [-0.2, 0) is 19.6 Å². The number of carbonyl (C=O) groups excluding carboxylic acids is 2. The molecule has 0 unspecified atom stereocenters. The molecular weight excluding hydrogens is 470 g/mol. The van der Waals surface area contributed by atoms with Crippen molar-refractivity contribution in [2.75, 3.05) is 45.2 Å². The zero-order chi connectivity index (χ0) is 25.2. The average molecular weight is 502 g/mol. The van der Waals surface area contributed by atoms with Gasteiger partial charge < -0.3 is 19.7 Å². The van der Waals surface area contributed by atoms with Gasteiger partial charge in [-0.25, -0.2) is 8.42 Å². The van der Waals surface area contributed by atoms with Gasteiger partial charge in [-0.15, -0.1) is 0 Å². The van der Waals surface area contributed by atoms with Crippen LogP contribution in [-0.4, -0.2) is 69.3 Å². The van der Waals surface area contributed by atoms with Crippen molar-refractivity contribution in [3.8, 4) is 11.5 Å². The normalized spacial score (nSPS) is 16.5. The molecule has 4 rings (SSSR count). The second-order valence-corrected chi connectivity index (χ2v) is 10.9. The zero-order valence-electron chi connectivity index (χ0n) is 20.2. The van der Waals surface area contributed by atoms with Crippen LogP contribution >= 0.6 is 0 Å². The van der Waals surface area contributed by atoms with Gasteiger partial charge in [0.15, 0.2) is 11.5 Å². The lowest BCUT2D eigenvalue weighted by atomic mass is 9.96. The minimum absolute atomic E-state index is 0.0671. The Morgan fingerprint density at radius 2 is 1.66 bits per heavy atom. The third-order valence-corrected chi connectivity index (χ3v) is 8.35. The van der Waals surface area contributed by atoms with E-state index in [1.54, 1.807) is 13.1 Å². The van der Waals surface area contributed by atoms with E-state index in [9.17, 15) is 18.0 Å². The molecule has 0 aliphatic carbocycles. The smallest absolute Gasteiger partial charge is 0.243 e. The Labute approximate surface area is 206 Å². The Bertz CT molecular complexity index is 1200. The molecule has 2 aromatic carbocycles. The topological polar surface area (TPSA) is 105 Å². The number of ether oxygens (including phenoxy) is 2. The second-order valence-electron chi connectivity index (χ2n) is 8.99. The highest BCUT2D eigenvalue weighted by Gasteiger charge is 2.34. The number of fused-ring (bicyclic) bond motifs is 1. The standard InChI is InChI=1S/C25H31N3O6S/c1-17-5-4-6-18(2)24(17)26-23(29)16-27(3)25(30)19-9-11-28(12-10-19)35(31,32)20-7-8-21-22(15-20)34-14-13-33-21/h4-8,15,19H,9-14,16H2,1-3H3,(H,26,29). The Morgan fingerprint density at radius 1 is 1.03 bits per heavy atom. The van der Waals surface area contributed by atoms with Crippen molar-refractivity contribution in [1.82, 2.24) is 9.21 Å². The quantitative estimate of drug-likeness (QED) is 0.652. The number of benzene rings is 2. The summed E-state index contributed by atoms with van der Waals surface area (Å²) in [7, 11) is -2.12. The Morgan fingerprint density at radius 3 is 2.31 bits per heavy atom. The summed E-state index contributed by atoms with van der Waals surface area (Å²) in [6.07, 6.45) is 0.789. The molecule has 2 aliphatic rings. The van der Waals surface area contributed by atoms with Crippen LogP contribution in [0.4, 0.5) is 5.69 Å². The van der Waals surface area contributed by atoms with Crippen molar-refractivity contribution < 1.29 is 27.5 Å². The molecule has 2 aromatic rings. The SMILES string of the molecule is Cc1cccc(C)c1NC(=O)CN(C)C(=O)C1CCN(S(=O)(=O)c2ccc3c(c2)OCCO3)CC1. The van der Waals surface area contributed by atoms with E-state index in [-0.39, 0.29) is 42.3 Å². The minimum atomic E-state index is -3.72. The van der Waals surface area contributed by atoms with Gasteiger partial charge in [-0.3, -0.25) is 9.59 Å². The number of rotatable bonds is 6. The van der Waals surface area contributed by atoms with Gasteiger partial charge in [0.05, 0.1) is 11.4 Å². The van der Waals surface area contributed by atoms with E-state index in [1.807, 2.05) is 32.0 Å². The number of likely N-dealkylation sites (N-methyl/N-ethyl adjacent to an activating group) is 1. The highest BCUT2D eigenvalue weighted by molar-refractivity contribution is 7.89. The molecule has 0 aromatic heterocycles. The van der Waals surface area contributed by atoms with Crippen molar-refractivity contribution in [2.24, 2.45) is 5.92 Å². The highest BCUT2D eigenvalue weighted by Crippen LogP contribution is 2.34. The lowest BCUT2D eigenvalue weighted by molar-refractivity contribution is -0.138. The van der Waals surface area contributed by atoms with Gasteiger partial charge in [0.2, 0.25) is 21.8 Å². The summed E-state index contributed by atoms with van der Waals surface area (Å²) < 4.78 is 38.7. The maximum Gasteiger partial charge on any atom is 0.243 e. The number of aryl methyl sites for hydroxylation is 2. The van der Waals surface area contributed by atoms with Gasteiger partial charge in [-0.1, -0.05) is 18.2 Å². The fourth-order valence-electron chi connectivity index (χ4n) is 4.47. The van der Waals surface area contributed by atoms with Crippen LogP contribution in [0.3, 0.4) is 0 Å². The summed E-state index contributed by atoms with van der Waals surface area (Å²) in [5.41, 5.74) is 2.67. The molecule has 35 heavy (non-hydrogen) atoms. The first kappa shape index (κ1) is 25.0. The molecule has 0 spiro atoms. The molecule has 188 valence electrons. The Balaban J connectivity index is 1.33. The number of nitrogens with one attached hydrogen (secondary N) is 1. The van der Waals surface area contributed by atoms with Crippen LogP contribution in [0.5, 0.6) is 11.5 Å². The molecule has 0 bridgehead atoms. The van der Waals surface area contributed by atoms with Crippen LogP contribution < -0.4 is 14.8 Å². The third-order valence-electron chi connectivity index (χ3n) is 6.46. The van der Waals surface area contributed by atoms with Crippen LogP contribution in [0.1, 0.15) is 24.0 Å². The number of hydrogen-bond acceptors (Lipinski definition) is 6. The average Bonchev–Trinajstić information content (AvgIpc) is 2.85. The van der Waals surface area contributed by atoms with E-state index in [2.05, 4.69) is 5.32 Å². The summed E-state index contributed by atoms with van der Waals surface area (Å²) >= 11 is 0. The zero-order valence-corrected chi connectivity index (χ0v) is 21.1. The van der Waals surface area contributed by atoms with Crippen molar-refractivity contribution in [3.63, 3.8) is 0 Å². The van der Waals surface area contributed by atoms with Gasteiger partial charge in [-0.2, -0.15) is 4.31 Å². The number of hydrogen-bond donors (Lipinski definition) is 1. The van der Waals surface area contributed by atoms with E-state index in [0.717, 1.165) is 16.8 Å². The number of nitrogens with zero attached hydrogens (tertiary/aromatic N) is 2. The second kappa shape index (κ2) is 10.2. The van der Waals surface area contributed by atoms with Gasteiger partial charge in [-0.05, 0) is 49.9 Å². The lowest BCUT2D eigenvalue weighted by Gasteiger charge is -2.32. The third kappa shape index (κ3) is 5.43. The number of carbonyl (C=O) groups is 2. The summed E-state index contributed by atoms with van der Waals surface area (Å²) in [6, 6.07) is 10.4. The summed E-state index contributed by atoms with van der Waals surface area (Å²) in [4.78, 5) is 27.1. The van der Waals surface area contributed by atoms with Crippen molar-refractivity contribution >= 4 is 27.5 Å². The Hall–Kier alpha value is -3.11. The number of amides is 2. The molecule has 1 N–H and O–H groups in total. The van der Waals surface area contributed by atoms with E-state index < -0.39 is 10.0 Å². The van der Waals surface area contributed by atoms with Crippen LogP contribution in [0.15, 0.2) is 41.3 Å². The van der Waals surface area contributed by atoms with Crippen LogP contribution in [0.25, 0.3) is 0 Å². The largest absolute Gasteiger partial charge is 0.486 e. The Kier molecular flexibility index (Phi) is 7.32. The molecule has 2 amide bonds. The summed E-state index contributed by atoms with van der Waals surface area (Å²) in [6.45, 7) is 5.05. The molecule has 2 aliphatic heterocycles. The molecule has 1 fully saturated rings. The van der Waals surface area contributed by atoms with Gasteiger partial charge in [0.25, 0.3) is 0 Å². The molecule has 0 saturated carbocycles. The van der Waals surface area contributed by atoms with Crippen molar-refractivity contribution in [2.45, 2.75) is 31.6 Å². The first-order chi connectivity index (χ1) is 16.7. The predicted octanol–water partition coefficient (Wildman–Crippen LogP) is 2.57. The maximum atomic E-state index is 13.1. The molecule has 0 radical (unpaired) electrons. The number of para-hydroxylation sites is 1. The molecular formula is C25H31N3O6S. The molecule has 1 saturated heterocycles. The number of sulfonamides is 1. The van der Waals surface area contributed by atoms with E-state index in [0.29, 0.717) is 37.6 Å². The van der Waals surface area contributed by atoms with Gasteiger partial charge in [0.1, 0.15) is 13.2 Å². The highest BCUT2D eigenvalue weighted by atomic mass is 32.2. The fourth-order valence-corrected chi connectivity index (χ4v) is 5.96. The van der Waals surface area contributed by atoms with Gasteiger partial charge in [0, 0.05) is 37.8 Å². The summed E-state index contributed by atoms with van der Waals surface area (Å²) in [5, 5.41) is 2.89. The van der Waals surface area contributed by atoms with Crippen LogP contribution in [0, 0.1) is 19.8 Å². The lowest BCUT2D eigenvalue weighted by Crippen LogP contribution is -2.45.